The molecule has 0 spiro atoms. The Kier molecular flexibility index (Phi) is 2.92. The van der Waals surface area contributed by atoms with E-state index in [2.05, 4.69) is 15.1 Å². The lowest BCUT2D eigenvalue weighted by molar-refractivity contribution is -0.384. The van der Waals surface area contributed by atoms with Crippen LogP contribution in [0.1, 0.15) is 5.69 Å². The van der Waals surface area contributed by atoms with Gasteiger partial charge in [0.25, 0.3) is 5.69 Å². The summed E-state index contributed by atoms with van der Waals surface area (Å²) in [6, 6.07) is 9.49. The molecular weight excluding hydrogens is 310 g/mol. The number of hydrogen-bond acceptors (Lipinski definition) is 5. The van der Waals surface area contributed by atoms with Crippen molar-refractivity contribution in [2.75, 3.05) is 0 Å². The van der Waals surface area contributed by atoms with Crippen LogP contribution in [0.25, 0.3) is 27.8 Å². The van der Waals surface area contributed by atoms with Crippen molar-refractivity contribution in [1.29, 1.82) is 0 Å². The van der Waals surface area contributed by atoms with Gasteiger partial charge < -0.3 is 4.98 Å². The number of nitrogens with zero attached hydrogens (tertiary/aromatic N) is 4. The first-order chi connectivity index (χ1) is 11.6. The molecular formula is C16H11N5O3. The molecule has 0 aliphatic rings. The number of aryl methyl sites for hydroxylation is 1. The number of nitrogens with one attached hydrogen (secondary N) is 1. The molecule has 118 valence electrons. The van der Waals surface area contributed by atoms with E-state index in [-0.39, 0.29) is 11.1 Å². The lowest BCUT2D eigenvalue weighted by Gasteiger charge is -2.03. The normalized spacial score (nSPS) is 11.2. The molecule has 0 aliphatic carbocycles. The molecule has 3 heterocycles. The zero-order valence-electron chi connectivity index (χ0n) is 12.6. The van der Waals surface area contributed by atoms with Gasteiger partial charge in [0.05, 0.1) is 21.5 Å². The average molecular weight is 321 g/mol. The SMILES string of the molecule is Cc1nn(-c2ccccn2)c2[nH]c3cc([N+](=O)[O-])ccc3c(=O)c12. The molecule has 0 atom stereocenters. The second kappa shape index (κ2) is 4.98. The number of nitro benzene ring substituents is 1. The first-order valence-corrected chi connectivity index (χ1v) is 7.17. The van der Waals surface area contributed by atoms with Crippen LogP contribution in [-0.4, -0.2) is 24.7 Å². The first kappa shape index (κ1) is 14.1. The standard InChI is InChI=1S/C16H11N5O3/c1-9-14-15(22)11-6-5-10(21(23)24)8-12(11)18-16(14)20(19-9)13-4-2-3-7-17-13/h2-8H,1H3,(H,18,22). The Balaban J connectivity index is 2.13. The second-order valence-electron chi connectivity index (χ2n) is 5.35. The van der Waals surface area contributed by atoms with Crippen molar-refractivity contribution in [3.8, 4) is 5.82 Å². The molecule has 8 nitrogen and oxygen atoms in total. The number of pyridine rings is 2. The van der Waals surface area contributed by atoms with Crippen LogP contribution in [0.3, 0.4) is 0 Å². The van der Waals surface area contributed by atoms with E-state index >= 15 is 0 Å². The molecule has 24 heavy (non-hydrogen) atoms. The summed E-state index contributed by atoms with van der Waals surface area (Å²) in [5.41, 5.74) is 1.12. The van der Waals surface area contributed by atoms with E-state index in [1.54, 1.807) is 25.3 Å². The Morgan fingerprint density at radius 2 is 2.08 bits per heavy atom. The predicted molar refractivity (Wildman–Crippen MR) is 88.4 cm³/mol. The molecule has 0 radical (unpaired) electrons. The summed E-state index contributed by atoms with van der Waals surface area (Å²) in [5.74, 6) is 0.552. The number of nitro groups is 1. The number of non-ortho nitro benzene ring substituents is 1. The Hall–Kier alpha value is -3.55. The van der Waals surface area contributed by atoms with Crippen molar-refractivity contribution in [2.24, 2.45) is 0 Å². The van der Waals surface area contributed by atoms with Crippen molar-refractivity contribution in [1.82, 2.24) is 19.7 Å². The molecule has 0 fully saturated rings. The molecule has 1 N–H and O–H groups in total. The molecule has 0 saturated carbocycles. The third-order valence-electron chi connectivity index (χ3n) is 3.87. The zero-order chi connectivity index (χ0) is 16.8. The Morgan fingerprint density at radius 3 is 2.79 bits per heavy atom. The van der Waals surface area contributed by atoms with E-state index in [9.17, 15) is 14.9 Å². The highest BCUT2D eigenvalue weighted by atomic mass is 16.6. The summed E-state index contributed by atoms with van der Waals surface area (Å²) in [6.45, 7) is 1.74. The number of aromatic nitrogens is 4. The topological polar surface area (TPSA) is 107 Å². The molecule has 0 aliphatic heterocycles. The molecule has 0 amide bonds. The van der Waals surface area contributed by atoms with Crippen LogP contribution in [0.5, 0.6) is 0 Å². The van der Waals surface area contributed by atoms with Crippen LogP contribution in [0, 0.1) is 17.0 Å². The van der Waals surface area contributed by atoms with Gasteiger partial charge in [-0.25, -0.2) is 4.98 Å². The quantitative estimate of drug-likeness (QED) is 0.451. The molecule has 3 aromatic heterocycles. The van der Waals surface area contributed by atoms with Gasteiger partial charge in [0, 0.05) is 23.7 Å². The van der Waals surface area contributed by atoms with E-state index in [4.69, 9.17) is 0 Å². The van der Waals surface area contributed by atoms with Gasteiger partial charge in [-0.1, -0.05) is 6.07 Å². The zero-order valence-corrected chi connectivity index (χ0v) is 12.6. The highest BCUT2D eigenvalue weighted by Crippen LogP contribution is 2.22. The highest BCUT2D eigenvalue weighted by molar-refractivity contribution is 5.93. The van der Waals surface area contributed by atoms with Crippen molar-refractivity contribution in [3.05, 3.63) is 68.6 Å². The average Bonchev–Trinajstić information content (AvgIpc) is 2.92. The van der Waals surface area contributed by atoms with Gasteiger partial charge in [-0.15, -0.1) is 0 Å². The van der Waals surface area contributed by atoms with Gasteiger partial charge in [0.15, 0.2) is 5.82 Å². The minimum absolute atomic E-state index is 0.0851. The monoisotopic (exact) mass is 321 g/mol. The van der Waals surface area contributed by atoms with Crippen LogP contribution >= 0.6 is 0 Å². The van der Waals surface area contributed by atoms with Gasteiger partial charge in [0.1, 0.15) is 5.65 Å². The molecule has 4 aromatic rings. The van der Waals surface area contributed by atoms with E-state index in [1.165, 1.54) is 22.9 Å². The van der Waals surface area contributed by atoms with E-state index in [0.717, 1.165) is 0 Å². The number of rotatable bonds is 2. The third kappa shape index (κ3) is 1.97. The van der Waals surface area contributed by atoms with Gasteiger partial charge in [-0.05, 0) is 25.1 Å². The second-order valence-corrected chi connectivity index (χ2v) is 5.35. The largest absolute Gasteiger partial charge is 0.339 e. The summed E-state index contributed by atoms with van der Waals surface area (Å²) in [7, 11) is 0. The Morgan fingerprint density at radius 1 is 1.25 bits per heavy atom. The molecule has 0 saturated heterocycles. The van der Waals surface area contributed by atoms with Crippen LogP contribution in [-0.2, 0) is 0 Å². The highest BCUT2D eigenvalue weighted by Gasteiger charge is 2.17. The van der Waals surface area contributed by atoms with Crippen LogP contribution in [0.4, 0.5) is 5.69 Å². The summed E-state index contributed by atoms with van der Waals surface area (Å²) in [6.07, 6.45) is 1.63. The van der Waals surface area contributed by atoms with Gasteiger partial charge >= 0.3 is 0 Å². The summed E-state index contributed by atoms with van der Waals surface area (Å²) in [4.78, 5) is 30.6. The molecule has 4 rings (SSSR count). The summed E-state index contributed by atoms with van der Waals surface area (Å²) >= 11 is 0. The van der Waals surface area contributed by atoms with E-state index in [1.807, 2.05) is 6.07 Å². The van der Waals surface area contributed by atoms with Crippen LogP contribution in [0.2, 0.25) is 0 Å². The predicted octanol–water partition coefficient (Wildman–Crippen LogP) is 2.48. The van der Waals surface area contributed by atoms with Crippen molar-refractivity contribution in [3.63, 3.8) is 0 Å². The number of aromatic amines is 1. The molecule has 8 heteroatoms. The molecule has 1 aromatic carbocycles. The van der Waals surface area contributed by atoms with E-state index < -0.39 is 4.92 Å². The van der Waals surface area contributed by atoms with Gasteiger partial charge in [-0.3, -0.25) is 14.9 Å². The fourth-order valence-corrected chi connectivity index (χ4v) is 2.77. The lowest BCUT2D eigenvalue weighted by atomic mass is 10.1. The molecule has 0 unspecified atom stereocenters. The maximum atomic E-state index is 12.8. The molecule has 0 bridgehead atoms. The Labute approximate surface area is 134 Å². The maximum absolute atomic E-state index is 12.8. The lowest BCUT2D eigenvalue weighted by Crippen LogP contribution is -2.06. The number of hydrogen-bond donors (Lipinski definition) is 1. The maximum Gasteiger partial charge on any atom is 0.271 e. The number of benzene rings is 1. The van der Waals surface area contributed by atoms with Crippen LogP contribution < -0.4 is 5.43 Å². The third-order valence-corrected chi connectivity index (χ3v) is 3.87. The number of H-pyrrole nitrogens is 1. The van der Waals surface area contributed by atoms with E-state index in [0.29, 0.717) is 33.4 Å². The van der Waals surface area contributed by atoms with Gasteiger partial charge in [-0.2, -0.15) is 9.78 Å². The summed E-state index contributed by atoms with van der Waals surface area (Å²) in [5, 5.41) is 16.2. The minimum atomic E-state index is -0.497. The van der Waals surface area contributed by atoms with Gasteiger partial charge in [0.2, 0.25) is 5.43 Å². The summed E-state index contributed by atoms with van der Waals surface area (Å²) < 4.78 is 1.53. The number of fused-ring (bicyclic) bond motifs is 2. The van der Waals surface area contributed by atoms with Crippen molar-refractivity contribution < 1.29 is 4.92 Å². The van der Waals surface area contributed by atoms with Crippen molar-refractivity contribution >= 4 is 27.6 Å². The first-order valence-electron chi connectivity index (χ1n) is 7.17. The smallest absolute Gasteiger partial charge is 0.271 e. The fraction of sp³-hybridized carbons (Fsp3) is 0.0625. The Bertz CT molecular complexity index is 1160. The van der Waals surface area contributed by atoms with Crippen LogP contribution in [0.15, 0.2) is 47.4 Å². The minimum Gasteiger partial charge on any atom is -0.339 e. The fourth-order valence-electron chi connectivity index (χ4n) is 2.77. The van der Waals surface area contributed by atoms with Crippen molar-refractivity contribution in [2.45, 2.75) is 6.92 Å².